The van der Waals surface area contributed by atoms with E-state index in [-0.39, 0.29) is 18.2 Å². The summed E-state index contributed by atoms with van der Waals surface area (Å²) in [6.45, 7) is 2.26. The van der Waals surface area contributed by atoms with E-state index in [2.05, 4.69) is 11.4 Å². The SMILES string of the molecule is Cl.Fc1ccc2cc(C34CNCC3C4)sc2c1. The lowest BCUT2D eigenvalue weighted by Gasteiger charge is -2.07. The Bertz CT molecular complexity index is 582. The van der Waals surface area contributed by atoms with Gasteiger partial charge >= 0.3 is 0 Å². The van der Waals surface area contributed by atoms with Gasteiger partial charge < -0.3 is 5.32 Å². The molecule has 0 spiro atoms. The van der Waals surface area contributed by atoms with E-state index in [0.29, 0.717) is 5.41 Å². The summed E-state index contributed by atoms with van der Waals surface area (Å²) in [4.78, 5) is 1.45. The fourth-order valence-corrected chi connectivity index (χ4v) is 4.34. The molecule has 4 rings (SSSR count). The summed E-state index contributed by atoms with van der Waals surface area (Å²) in [7, 11) is 0. The first-order valence-corrected chi connectivity index (χ1v) is 6.50. The van der Waals surface area contributed by atoms with Crippen LogP contribution in [0.5, 0.6) is 0 Å². The summed E-state index contributed by atoms with van der Waals surface area (Å²) < 4.78 is 14.2. The van der Waals surface area contributed by atoms with Crippen LogP contribution in [0, 0.1) is 11.7 Å². The Morgan fingerprint density at radius 2 is 2.24 bits per heavy atom. The first kappa shape index (κ1) is 11.5. The van der Waals surface area contributed by atoms with Crippen LogP contribution >= 0.6 is 23.7 Å². The third kappa shape index (κ3) is 1.53. The maximum atomic E-state index is 13.1. The zero-order valence-corrected chi connectivity index (χ0v) is 10.8. The van der Waals surface area contributed by atoms with Crippen LogP contribution in [0.15, 0.2) is 24.3 Å². The highest BCUT2D eigenvalue weighted by Crippen LogP contribution is 2.58. The minimum absolute atomic E-state index is 0. The van der Waals surface area contributed by atoms with Crippen molar-refractivity contribution in [2.24, 2.45) is 5.92 Å². The van der Waals surface area contributed by atoms with Crippen LogP contribution in [0.1, 0.15) is 11.3 Å². The van der Waals surface area contributed by atoms with Crippen LogP contribution in [0.25, 0.3) is 10.1 Å². The third-order valence-corrected chi connectivity index (χ3v) is 5.35. The highest BCUT2D eigenvalue weighted by Gasteiger charge is 2.58. The summed E-state index contributed by atoms with van der Waals surface area (Å²) in [5.41, 5.74) is 0.403. The van der Waals surface area contributed by atoms with E-state index in [1.165, 1.54) is 16.7 Å². The van der Waals surface area contributed by atoms with Crippen molar-refractivity contribution in [2.75, 3.05) is 13.1 Å². The summed E-state index contributed by atoms with van der Waals surface area (Å²) in [6, 6.07) is 7.35. The second-order valence-corrected chi connectivity index (χ2v) is 6.06. The van der Waals surface area contributed by atoms with E-state index < -0.39 is 0 Å². The minimum Gasteiger partial charge on any atom is -0.315 e. The molecule has 2 heterocycles. The first-order chi connectivity index (χ1) is 7.78. The fourth-order valence-electron chi connectivity index (χ4n) is 2.97. The molecule has 2 fully saturated rings. The molecule has 1 N–H and O–H groups in total. The molecule has 1 saturated heterocycles. The highest BCUT2D eigenvalue weighted by atomic mass is 35.5. The smallest absolute Gasteiger partial charge is 0.124 e. The molecule has 4 heteroatoms. The van der Waals surface area contributed by atoms with Gasteiger partial charge in [-0.05, 0) is 42.5 Å². The largest absolute Gasteiger partial charge is 0.315 e. The molecule has 2 unspecified atom stereocenters. The van der Waals surface area contributed by atoms with Gasteiger partial charge in [-0.3, -0.25) is 0 Å². The minimum atomic E-state index is -0.129. The molecule has 0 amide bonds. The molecule has 0 radical (unpaired) electrons. The Labute approximate surface area is 109 Å². The molecule has 1 aliphatic heterocycles. The van der Waals surface area contributed by atoms with Crippen LogP contribution < -0.4 is 5.32 Å². The van der Waals surface area contributed by atoms with E-state index in [0.717, 1.165) is 23.7 Å². The standard InChI is InChI=1S/C13H12FNS.ClH/c14-10-2-1-8-3-12(16-11(8)4-10)13-5-9(13)6-15-7-13;/h1-4,9,15H,5-7H2;1H. The van der Waals surface area contributed by atoms with Gasteiger partial charge in [0.25, 0.3) is 0 Å². The Morgan fingerprint density at radius 3 is 2.94 bits per heavy atom. The zero-order valence-electron chi connectivity index (χ0n) is 9.20. The van der Waals surface area contributed by atoms with Crippen molar-refractivity contribution in [3.63, 3.8) is 0 Å². The molecule has 90 valence electrons. The molecule has 1 aromatic carbocycles. The van der Waals surface area contributed by atoms with Crippen molar-refractivity contribution in [3.8, 4) is 0 Å². The molecule has 2 aromatic rings. The normalized spacial score (nSPS) is 30.1. The van der Waals surface area contributed by atoms with Crippen molar-refractivity contribution in [1.29, 1.82) is 0 Å². The number of rotatable bonds is 1. The van der Waals surface area contributed by atoms with Crippen LogP contribution in [0.2, 0.25) is 0 Å². The Kier molecular flexibility index (Phi) is 2.47. The van der Waals surface area contributed by atoms with Gasteiger partial charge in [0.15, 0.2) is 0 Å². The summed E-state index contributed by atoms with van der Waals surface area (Å²) in [5, 5.41) is 4.64. The zero-order chi connectivity index (χ0) is 10.8. The molecule has 2 atom stereocenters. The number of thiophene rings is 1. The molecule has 0 bridgehead atoms. The Hall–Kier alpha value is -0.640. The average Bonchev–Trinajstić information content (AvgIpc) is 2.69. The Morgan fingerprint density at radius 1 is 1.35 bits per heavy atom. The first-order valence-electron chi connectivity index (χ1n) is 5.68. The second kappa shape index (κ2) is 3.67. The lowest BCUT2D eigenvalue weighted by atomic mass is 10.0. The van der Waals surface area contributed by atoms with Crippen LogP contribution in [0.3, 0.4) is 0 Å². The number of benzene rings is 1. The predicted molar refractivity (Wildman–Crippen MR) is 71.7 cm³/mol. The maximum absolute atomic E-state index is 13.1. The van der Waals surface area contributed by atoms with Gasteiger partial charge in [-0.25, -0.2) is 4.39 Å². The van der Waals surface area contributed by atoms with E-state index in [1.54, 1.807) is 23.5 Å². The van der Waals surface area contributed by atoms with E-state index in [9.17, 15) is 4.39 Å². The van der Waals surface area contributed by atoms with Gasteiger partial charge in [0.1, 0.15) is 5.82 Å². The number of hydrogen-bond acceptors (Lipinski definition) is 2. The summed E-state index contributed by atoms with van der Waals surface area (Å²) in [6.07, 6.45) is 1.31. The van der Waals surface area contributed by atoms with Crippen LogP contribution in [0.4, 0.5) is 4.39 Å². The van der Waals surface area contributed by atoms with Crippen molar-refractivity contribution in [3.05, 3.63) is 35.0 Å². The molecule has 1 aromatic heterocycles. The van der Waals surface area contributed by atoms with Gasteiger partial charge in [0.2, 0.25) is 0 Å². The number of nitrogens with one attached hydrogen (secondary N) is 1. The number of fused-ring (bicyclic) bond motifs is 2. The highest BCUT2D eigenvalue weighted by molar-refractivity contribution is 7.19. The van der Waals surface area contributed by atoms with E-state index in [4.69, 9.17) is 0 Å². The lowest BCUT2D eigenvalue weighted by Crippen LogP contribution is -2.18. The van der Waals surface area contributed by atoms with Gasteiger partial charge in [0.05, 0.1) is 0 Å². The molecular formula is C13H13ClFNS. The van der Waals surface area contributed by atoms with Gasteiger partial charge in [-0.2, -0.15) is 0 Å². The molecule has 1 saturated carbocycles. The van der Waals surface area contributed by atoms with Crippen molar-refractivity contribution >= 4 is 33.8 Å². The molecular weight excluding hydrogens is 257 g/mol. The number of piperidine rings is 1. The lowest BCUT2D eigenvalue weighted by molar-refractivity contribution is 0.630. The summed E-state index contributed by atoms with van der Waals surface area (Å²) >= 11 is 1.77. The molecule has 2 aliphatic rings. The van der Waals surface area contributed by atoms with Gasteiger partial charge in [-0.15, -0.1) is 23.7 Å². The number of hydrogen-bond donors (Lipinski definition) is 1. The quantitative estimate of drug-likeness (QED) is 0.837. The maximum Gasteiger partial charge on any atom is 0.124 e. The van der Waals surface area contributed by atoms with Gasteiger partial charge in [-0.1, -0.05) is 6.07 Å². The number of halogens is 2. The predicted octanol–water partition coefficient (Wildman–Crippen LogP) is 3.32. The average molecular weight is 270 g/mol. The van der Waals surface area contributed by atoms with Crippen molar-refractivity contribution < 1.29 is 4.39 Å². The second-order valence-electron chi connectivity index (χ2n) is 4.98. The fraction of sp³-hybridized carbons (Fsp3) is 0.385. The van der Waals surface area contributed by atoms with E-state index in [1.807, 2.05) is 6.07 Å². The monoisotopic (exact) mass is 269 g/mol. The van der Waals surface area contributed by atoms with Crippen molar-refractivity contribution in [1.82, 2.24) is 5.32 Å². The summed E-state index contributed by atoms with van der Waals surface area (Å²) in [5.74, 6) is 0.695. The van der Waals surface area contributed by atoms with Crippen LogP contribution in [-0.2, 0) is 5.41 Å². The molecule has 1 nitrogen and oxygen atoms in total. The van der Waals surface area contributed by atoms with E-state index >= 15 is 0 Å². The molecule has 1 aliphatic carbocycles. The van der Waals surface area contributed by atoms with Gasteiger partial charge in [0, 0.05) is 21.5 Å². The van der Waals surface area contributed by atoms with Crippen molar-refractivity contribution in [2.45, 2.75) is 11.8 Å². The third-order valence-electron chi connectivity index (χ3n) is 4.04. The molecule has 17 heavy (non-hydrogen) atoms. The topological polar surface area (TPSA) is 12.0 Å². The van der Waals surface area contributed by atoms with Crippen LogP contribution in [-0.4, -0.2) is 13.1 Å². The Balaban J connectivity index is 0.000000902.